The zero-order chi connectivity index (χ0) is 27.3. The number of nitrogens with zero attached hydrogens (tertiary/aromatic N) is 2. The molecule has 1 saturated heterocycles. The molecule has 39 heavy (non-hydrogen) atoms. The Labute approximate surface area is 228 Å². The number of fused-ring (bicyclic) bond motifs is 5. The van der Waals surface area contributed by atoms with E-state index in [2.05, 4.69) is 0 Å². The molecule has 2 saturated carbocycles. The zero-order valence-electron chi connectivity index (χ0n) is 20.6. The van der Waals surface area contributed by atoms with Gasteiger partial charge in [0.15, 0.2) is 5.78 Å². The van der Waals surface area contributed by atoms with Gasteiger partial charge in [-0.05, 0) is 79.6 Å². The quantitative estimate of drug-likeness (QED) is 0.186. The highest BCUT2D eigenvalue weighted by atomic mass is 35.5. The van der Waals surface area contributed by atoms with E-state index < -0.39 is 47.9 Å². The normalized spacial score (nSPS) is 23.2. The van der Waals surface area contributed by atoms with Crippen LogP contribution in [0.15, 0.2) is 71.3 Å². The number of imide groups is 1. The van der Waals surface area contributed by atoms with E-state index in [-0.39, 0.29) is 39.5 Å². The molecule has 2 aromatic carbocycles. The number of halogens is 1. The number of furan rings is 1. The molecule has 3 aliphatic rings. The smallest absolute Gasteiger partial charge is 0.379 e. The average molecular weight is 547 g/mol. The monoisotopic (exact) mass is 546 g/mol. The van der Waals surface area contributed by atoms with Crippen LogP contribution < -0.4 is 4.74 Å². The van der Waals surface area contributed by atoms with Crippen LogP contribution >= 0.6 is 11.6 Å². The van der Waals surface area contributed by atoms with E-state index in [1.165, 1.54) is 48.7 Å². The summed E-state index contributed by atoms with van der Waals surface area (Å²) in [5.41, 5.74) is 0.275. The van der Waals surface area contributed by atoms with Gasteiger partial charge >= 0.3 is 5.97 Å². The molecular formula is C29H23ClN2O7. The van der Waals surface area contributed by atoms with Crippen LogP contribution in [0.25, 0.3) is 0 Å². The summed E-state index contributed by atoms with van der Waals surface area (Å²) in [6.45, 7) is -0.554. The number of rotatable bonds is 7. The molecule has 0 N–H and O–H groups in total. The molecule has 0 unspecified atom stereocenters. The Morgan fingerprint density at radius 2 is 1.59 bits per heavy atom. The van der Waals surface area contributed by atoms with Gasteiger partial charge in [-0.15, -0.1) is 0 Å². The largest absolute Gasteiger partial charge is 0.457 e. The number of ketones is 1. The van der Waals surface area contributed by atoms with Gasteiger partial charge in [0, 0.05) is 5.56 Å². The van der Waals surface area contributed by atoms with Crippen molar-refractivity contribution in [2.75, 3.05) is 6.54 Å². The highest BCUT2D eigenvalue weighted by molar-refractivity contribution is 6.34. The molecule has 3 aromatic rings. The van der Waals surface area contributed by atoms with Crippen molar-refractivity contribution in [3.63, 3.8) is 0 Å². The Kier molecular flexibility index (Phi) is 6.31. The number of carbonyl (C=O) groups excluding carboxylic acids is 5. The van der Waals surface area contributed by atoms with Crippen molar-refractivity contribution >= 4 is 41.1 Å². The van der Waals surface area contributed by atoms with Crippen LogP contribution in [0.1, 0.15) is 50.5 Å². The van der Waals surface area contributed by atoms with Crippen molar-refractivity contribution in [2.45, 2.75) is 19.3 Å². The average Bonchev–Trinajstić information content (AvgIpc) is 3.74. The molecule has 2 aliphatic carbocycles. The summed E-state index contributed by atoms with van der Waals surface area (Å²) in [5.74, 6) is -3.28. The Hall–Kier alpha value is -4.24. The summed E-state index contributed by atoms with van der Waals surface area (Å²) < 4.78 is 10.3. The van der Waals surface area contributed by atoms with Crippen molar-refractivity contribution in [1.82, 2.24) is 10.0 Å². The Bertz CT molecular complexity index is 1460. The number of Topliss-reactive ketones (excluding diaryl/α,β-unsaturated/α-hetero) is 1. The third-order valence-electron chi connectivity index (χ3n) is 7.89. The van der Waals surface area contributed by atoms with Gasteiger partial charge < -0.3 is 9.15 Å². The van der Waals surface area contributed by atoms with Crippen molar-refractivity contribution < 1.29 is 33.1 Å². The van der Waals surface area contributed by atoms with Crippen LogP contribution in [0.5, 0.6) is 5.75 Å². The second-order valence-electron chi connectivity index (χ2n) is 10.0. The standard InChI is InChI=1S/C29H23ClN2O7/c30-21-5-2-1-4-20(21)26(34)31(32-27(35)24-17-7-8-18(14-17)25(24)28(32)36)15-22(33)16-9-11-19(12-10-16)39-29(37)23-6-3-13-38-23/h1-6,9-13,17-18,24-25H,7-8,14-15H2/t17-,18+,24-,25-/m0/s1. The molecule has 3 amide bonds. The van der Waals surface area contributed by atoms with Crippen molar-refractivity contribution in [1.29, 1.82) is 0 Å². The van der Waals surface area contributed by atoms with Gasteiger partial charge in [0.25, 0.3) is 17.7 Å². The minimum Gasteiger partial charge on any atom is -0.457 e. The molecule has 9 nitrogen and oxygen atoms in total. The first-order valence-corrected chi connectivity index (χ1v) is 13.0. The highest BCUT2D eigenvalue weighted by Crippen LogP contribution is 2.56. The van der Waals surface area contributed by atoms with Gasteiger partial charge in [-0.2, -0.15) is 5.01 Å². The first kappa shape index (κ1) is 25.1. The van der Waals surface area contributed by atoms with Gasteiger partial charge in [0.05, 0.1) is 28.7 Å². The topological polar surface area (TPSA) is 114 Å². The van der Waals surface area contributed by atoms with E-state index in [1.807, 2.05) is 0 Å². The number of amides is 3. The third kappa shape index (κ3) is 4.32. The molecule has 0 spiro atoms. The minimum absolute atomic E-state index is 0.0297. The fourth-order valence-electron chi connectivity index (χ4n) is 6.13. The van der Waals surface area contributed by atoms with Crippen LogP contribution in [0.2, 0.25) is 5.02 Å². The Morgan fingerprint density at radius 3 is 2.21 bits per heavy atom. The van der Waals surface area contributed by atoms with E-state index in [0.29, 0.717) is 0 Å². The maximum atomic E-state index is 13.7. The maximum absolute atomic E-state index is 13.7. The van der Waals surface area contributed by atoms with Gasteiger partial charge in [-0.3, -0.25) is 19.2 Å². The Morgan fingerprint density at radius 1 is 0.923 bits per heavy atom. The van der Waals surface area contributed by atoms with Crippen LogP contribution in [0.4, 0.5) is 0 Å². The lowest BCUT2D eigenvalue weighted by atomic mass is 9.81. The molecule has 10 heteroatoms. The number of benzene rings is 2. The lowest BCUT2D eigenvalue weighted by Gasteiger charge is -2.31. The van der Waals surface area contributed by atoms with Crippen molar-refractivity contribution in [3.8, 4) is 5.75 Å². The van der Waals surface area contributed by atoms with E-state index in [1.54, 1.807) is 18.2 Å². The van der Waals surface area contributed by atoms with E-state index in [9.17, 15) is 24.0 Å². The second-order valence-corrected chi connectivity index (χ2v) is 10.4. The summed E-state index contributed by atoms with van der Waals surface area (Å²) in [4.78, 5) is 66.2. The number of hydrogen-bond donors (Lipinski definition) is 0. The van der Waals surface area contributed by atoms with Crippen molar-refractivity contribution in [3.05, 3.63) is 88.8 Å². The predicted molar refractivity (Wildman–Crippen MR) is 137 cm³/mol. The lowest BCUT2D eigenvalue weighted by molar-refractivity contribution is -0.155. The highest BCUT2D eigenvalue weighted by Gasteiger charge is 2.62. The molecule has 6 rings (SSSR count). The van der Waals surface area contributed by atoms with E-state index >= 15 is 0 Å². The number of hydrogen-bond acceptors (Lipinski definition) is 7. The van der Waals surface area contributed by atoms with Crippen molar-refractivity contribution in [2.24, 2.45) is 23.7 Å². The van der Waals surface area contributed by atoms with E-state index in [0.717, 1.165) is 29.3 Å². The molecule has 2 heterocycles. The van der Waals surface area contributed by atoms with Crippen LogP contribution in [0, 0.1) is 23.7 Å². The molecular weight excluding hydrogens is 524 g/mol. The molecule has 1 aliphatic heterocycles. The SMILES string of the molecule is O=C(CN(C(=O)c1ccccc1Cl)N1C(=O)[C@H]2[C@@H]3CC[C@@H](C3)[C@@H]2C1=O)c1ccc(OC(=O)c2ccco2)cc1. The third-order valence-corrected chi connectivity index (χ3v) is 8.22. The number of carbonyl (C=O) groups is 5. The molecule has 3 fully saturated rings. The molecule has 198 valence electrons. The van der Waals surface area contributed by atoms with Gasteiger partial charge in [-0.25, -0.2) is 9.80 Å². The molecule has 4 atom stereocenters. The number of hydrazine groups is 1. The summed E-state index contributed by atoms with van der Waals surface area (Å²) in [7, 11) is 0. The van der Waals surface area contributed by atoms with E-state index in [4.69, 9.17) is 20.8 Å². The van der Waals surface area contributed by atoms with Gasteiger partial charge in [0.1, 0.15) is 12.3 Å². The summed E-state index contributed by atoms with van der Waals surface area (Å²) >= 11 is 6.28. The first-order valence-electron chi connectivity index (χ1n) is 12.7. The van der Waals surface area contributed by atoms with Crippen LogP contribution in [-0.4, -0.2) is 46.0 Å². The molecule has 2 bridgehead atoms. The number of ether oxygens (including phenoxy) is 1. The number of esters is 1. The second kappa shape index (κ2) is 9.81. The van der Waals surface area contributed by atoms with Crippen LogP contribution in [-0.2, 0) is 9.59 Å². The maximum Gasteiger partial charge on any atom is 0.379 e. The molecule has 0 radical (unpaired) electrons. The first-order chi connectivity index (χ1) is 18.8. The Balaban J connectivity index is 1.26. The predicted octanol–water partition coefficient (Wildman–Crippen LogP) is 4.42. The minimum atomic E-state index is -0.716. The fourth-order valence-corrected chi connectivity index (χ4v) is 6.34. The van der Waals surface area contributed by atoms with Gasteiger partial charge in [-0.1, -0.05) is 23.7 Å². The lowest BCUT2D eigenvalue weighted by Crippen LogP contribution is -2.52. The summed E-state index contributed by atoms with van der Waals surface area (Å²) in [6, 6.07) is 15.0. The summed E-state index contributed by atoms with van der Waals surface area (Å²) in [5, 5.41) is 1.95. The fraction of sp³-hybridized carbons (Fsp3) is 0.276. The van der Waals surface area contributed by atoms with Gasteiger partial charge in [0.2, 0.25) is 5.76 Å². The van der Waals surface area contributed by atoms with Crippen LogP contribution in [0.3, 0.4) is 0 Å². The molecule has 1 aromatic heterocycles. The zero-order valence-corrected chi connectivity index (χ0v) is 21.4. The summed E-state index contributed by atoms with van der Waals surface area (Å²) in [6.07, 6.45) is 3.95.